The van der Waals surface area contributed by atoms with Crippen LogP contribution in [0.25, 0.3) is 0 Å². The molecule has 0 radical (unpaired) electrons. The molecule has 0 unspecified atom stereocenters. The fourth-order valence-corrected chi connectivity index (χ4v) is 2.66. The lowest BCUT2D eigenvalue weighted by atomic mass is 10.1. The number of benzene rings is 1. The predicted octanol–water partition coefficient (Wildman–Crippen LogP) is 2.84. The normalized spacial score (nSPS) is 16.0. The number of amides is 1. The van der Waals surface area contributed by atoms with Crippen molar-refractivity contribution in [1.82, 2.24) is 4.90 Å². The van der Waals surface area contributed by atoms with Gasteiger partial charge in [-0.1, -0.05) is 0 Å². The van der Waals surface area contributed by atoms with Gasteiger partial charge in [-0.05, 0) is 51.5 Å². The highest BCUT2D eigenvalue weighted by molar-refractivity contribution is 5.73. The van der Waals surface area contributed by atoms with Crippen LogP contribution < -0.4 is 9.64 Å². The monoisotopic (exact) mass is 290 g/mol. The van der Waals surface area contributed by atoms with Crippen LogP contribution in [0.2, 0.25) is 0 Å². The van der Waals surface area contributed by atoms with Gasteiger partial charge in [0.25, 0.3) is 0 Å². The molecule has 0 N–H and O–H groups in total. The Kier molecular flexibility index (Phi) is 4.45. The highest BCUT2D eigenvalue weighted by Gasteiger charge is 2.20. The van der Waals surface area contributed by atoms with Gasteiger partial charge in [0.05, 0.1) is 0 Å². The first-order valence-corrected chi connectivity index (χ1v) is 7.56. The van der Waals surface area contributed by atoms with E-state index < -0.39 is 0 Å². The van der Waals surface area contributed by atoms with Gasteiger partial charge in [0.2, 0.25) is 5.91 Å². The molecule has 0 saturated carbocycles. The molecule has 1 heterocycles. The van der Waals surface area contributed by atoms with E-state index in [0.29, 0.717) is 0 Å². The van der Waals surface area contributed by atoms with E-state index in [1.165, 1.54) is 11.3 Å². The predicted molar refractivity (Wildman–Crippen MR) is 86.0 cm³/mol. The second-order valence-electron chi connectivity index (χ2n) is 6.66. The first-order valence-electron chi connectivity index (χ1n) is 7.56. The van der Waals surface area contributed by atoms with E-state index in [4.69, 9.17) is 4.74 Å². The van der Waals surface area contributed by atoms with Crippen molar-refractivity contribution in [3.05, 3.63) is 23.8 Å². The summed E-state index contributed by atoms with van der Waals surface area (Å²) >= 11 is 0. The summed E-state index contributed by atoms with van der Waals surface area (Å²) in [6.07, 6.45) is 0. The zero-order valence-corrected chi connectivity index (χ0v) is 13.8. The van der Waals surface area contributed by atoms with Gasteiger partial charge in [-0.3, -0.25) is 4.79 Å². The molecule has 21 heavy (non-hydrogen) atoms. The smallest absolute Gasteiger partial charge is 0.219 e. The van der Waals surface area contributed by atoms with Crippen molar-refractivity contribution >= 4 is 11.6 Å². The van der Waals surface area contributed by atoms with Gasteiger partial charge >= 0.3 is 0 Å². The molecule has 116 valence electrons. The molecule has 0 bridgehead atoms. The summed E-state index contributed by atoms with van der Waals surface area (Å²) in [5, 5.41) is 0. The summed E-state index contributed by atoms with van der Waals surface area (Å²) in [6.45, 7) is 13.3. The minimum absolute atomic E-state index is 0.167. The molecule has 0 spiro atoms. The van der Waals surface area contributed by atoms with Gasteiger partial charge in [-0.2, -0.15) is 0 Å². The van der Waals surface area contributed by atoms with Crippen LogP contribution in [-0.2, 0) is 4.79 Å². The largest absolute Gasteiger partial charge is 0.488 e. The Balaban J connectivity index is 2.06. The average Bonchev–Trinajstić information content (AvgIpc) is 2.37. The van der Waals surface area contributed by atoms with Crippen LogP contribution >= 0.6 is 0 Å². The van der Waals surface area contributed by atoms with Crippen molar-refractivity contribution in [2.75, 3.05) is 31.1 Å². The minimum Gasteiger partial charge on any atom is -0.488 e. The number of anilines is 1. The molecule has 1 aliphatic heterocycles. The third-order valence-corrected chi connectivity index (χ3v) is 3.66. The Labute approximate surface area is 127 Å². The molecule has 4 heteroatoms. The van der Waals surface area contributed by atoms with Crippen molar-refractivity contribution in [3.63, 3.8) is 0 Å². The molecule has 0 atom stereocenters. The molecule has 1 aromatic carbocycles. The number of ether oxygens (including phenoxy) is 1. The molecule has 1 amide bonds. The number of nitrogens with zero attached hydrogens (tertiary/aromatic N) is 2. The van der Waals surface area contributed by atoms with Crippen LogP contribution in [-0.4, -0.2) is 42.6 Å². The van der Waals surface area contributed by atoms with Crippen LogP contribution in [0.3, 0.4) is 0 Å². The summed E-state index contributed by atoms with van der Waals surface area (Å²) in [5.74, 6) is 1.08. The maximum absolute atomic E-state index is 11.4. The number of aryl methyl sites for hydroxylation is 1. The first-order chi connectivity index (χ1) is 9.76. The molecule has 2 rings (SSSR count). The van der Waals surface area contributed by atoms with E-state index in [2.05, 4.69) is 44.7 Å². The SMILES string of the molecule is CC(=O)N1CCN(c2ccc(OC(C)(C)C)cc2C)CC1. The average molecular weight is 290 g/mol. The molecular weight excluding hydrogens is 264 g/mol. The third kappa shape index (κ3) is 4.13. The Bertz CT molecular complexity index is 512. The number of carbonyl (C=O) groups is 1. The maximum Gasteiger partial charge on any atom is 0.219 e. The lowest BCUT2D eigenvalue weighted by Crippen LogP contribution is -2.48. The minimum atomic E-state index is -0.179. The number of rotatable bonds is 2. The van der Waals surface area contributed by atoms with E-state index in [1.54, 1.807) is 6.92 Å². The van der Waals surface area contributed by atoms with Crippen molar-refractivity contribution in [2.24, 2.45) is 0 Å². The summed E-state index contributed by atoms with van der Waals surface area (Å²) in [5.41, 5.74) is 2.27. The van der Waals surface area contributed by atoms with Crippen LogP contribution in [0.4, 0.5) is 5.69 Å². The summed E-state index contributed by atoms with van der Waals surface area (Å²) < 4.78 is 5.90. The van der Waals surface area contributed by atoms with Crippen molar-refractivity contribution in [2.45, 2.75) is 40.2 Å². The van der Waals surface area contributed by atoms with Gasteiger partial charge in [-0.15, -0.1) is 0 Å². The Morgan fingerprint density at radius 3 is 2.24 bits per heavy atom. The van der Waals surface area contributed by atoms with Crippen LogP contribution in [0.1, 0.15) is 33.3 Å². The Hall–Kier alpha value is -1.71. The number of hydrogen-bond donors (Lipinski definition) is 0. The quantitative estimate of drug-likeness (QED) is 0.839. The van der Waals surface area contributed by atoms with E-state index >= 15 is 0 Å². The Morgan fingerprint density at radius 1 is 1.14 bits per heavy atom. The molecule has 0 aliphatic carbocycles. The molecule has 1 aliphatic rings. The molecule has 4 nitrogen and oxygen atoms in total. The molecule has 1 saturated heterocycles. The number of hydrogen-bond acceptors (Lipinski definition) is 3. The zero-order chi connectivity index (χ0) is 15.6. The molecule has 0 aromatic heterocycles. The molecule has 1 fully saturated rings. The second-order valence-corrected chi connectivity index (χ2v) is 6.66. The van der Waals surface area contributed by atoms with Gasteiger partial charge in [-0.25, -0.2) is 0 Å². The van der Waals surface area contributed by atoms with Crippen molar-refractivity contribution in [3.8, 4) is 5.75 Å². The van der Waals surface area contributed by atoms with Crippen LogP contribution in [0.15, 0.2) is 18.2 Å². The molecular formula is C17H26N2O2. The van der Waals surface area contributed by atoms with E-state index in [9.17, 15) is 4.79 Å². The number of piperazine rings is 1. The van der Waals surface area contributed by atoms with E-state index in [0.717, 1.165) is 31.9 Å². The van der Waals surface area contributed by atoms with Crippen LogP contribution in [0, 0.1) is 6.92 Å². The second kappa shape index (κ2) is 5.96. The standard InChI is InChI=1S/C17H26N2O2/c1-13-12-15(21-17(3,4)5)6-7-16(13)19-10-8-18(9-11-19)14(2)20/h6-7,12H,8-11H2,1-5H3. The van der Waals surface area contributed by atoms with Gasteiger partial charge < -0.3 is 14.5 Å². The fraction of sp³-hybridized carbons (Fsp3) is 0.588. The molecule has 1 aromatic rings. The topological polar surface area (TPSA) is 32.8 Å². The van der Waals surface area contributed by atoms with Gasteiger partial charge in [0.1, 0.15) is 11.4 Å². The van der Waals surface area contributed by atoms with Crippen molar-refractivity contribution in [1.29, 1.82) is 0 Å². The highest BCUT2D eigenvalue weighted by Crippen LogP contribution is 2.27. The fourth-order valence-electron chi connectivity index (χ4n) is 2.66. The Morgan fingerprint density at radius 2 is 1.76 bits per heavy atom. The zero-order valence-electron chi connectivity index (χ0n) is 13.8. The lowest BCUT2D eigenvalue weighted by molar-refractivity contribution is -0.129. The highest BCUT2D eigenvalue weighted by atomic mass is 16.5. The summed E-state index contributed by atoms with van der Waals surface area (Å²) in [7, 11) is 0. The van der Waals surface area contributed by atoms with Crippen molar-refractivity contribution < 1.29 is 9.53 Å². The van der Waals surface area contributed by atoms with E-state index in [-0.39, 0.29) is 11.5 Å². The third-order valence-electron chi connectivity index (χ3n) is 3.66. The summed E-state index contributed by atoms with van der Waals surface area (Å²) in [4.78, 5) is 15.6. The van der Waals surface area contributed by atoms with Crippen LogP contribution in [0.5, 0.6) is 5.75 Å². The van der Waals surface area contributed by atoms with Gasteiger partial charge in [0.15, 0.2) is 0 Å². The maximum atomic E-state index is 11.4. The number of carbonyl (C=O) groups excluding carboxylic acids is 1. The lowest BCUT2D eigenvalue weighted by Gasteiger charge is -2.36. The summed E-state index contributed by atoms with van der Waals surface area (Å²) in [6, 6.07) is 6.25. The first kappa shape index (κ1) is 15.7. The van der Waals surface area contributed by atoms with Gasteiger partial charge in [0, 0.05) is 38.8 Å². The van der Waals surface area contributed by atoms with E-state index in [1.807, 2.05) is 11.0 Å².